The number of hydrogen-bond donors (Lipinski definition) is 0. The predicted octanol–water partition coefficient (Wildman–Crippen LogP) is 1.73. The summed E-state index contributed by atoms with van der Waals surface area (Å²) in [4.78, 5) is 29.1. The molecular weight excluding hydrogens is 297 g/mol. The van der Waals surface area contributed by atoms with Gasteiger partial charge in [0, 0.05) is 39.6 Å². The average molecular weight is 321 g/mol. The monoisotopic (exact) mass is 321 g/mol. The summed E-state index contributed by atoms with van der Waals surface area (Å²) < 4.78 is 13.8. The molecule has 1 aromatic rings. The first kappa shape index (κ1) is 17.2. The molecule has 1 heterocycles. The maximum Gasteiger partial charge on any atom is 0.242 e. The van der Waals surface area contributed by atoms with Gasteiger partial charge in [0.05, 0.1) is 12.2 Å². The molecule has 2 rings (SSSR count). The molecule has 0 spiro atoms. The predicted molar refractivity (Wildman–Crippen MR) is 87.7 cm³/mol. The van der Waals surface area contributed by atoms with Gasteiger partial charge in [-0.15, -0.1) is 0 Å². The van der Waals surface area contributed by atoms with E-state index in [1.807, 2.05) is 17.9 Å². The molecule has 0 saturated carbocycles. The summed E-state index contributed by atoms with van der Waals surface area (Å²) in [5.74, 6) is -0.356. The Morgan fingerprint density at radius 3 is 2.39 bits per heavy atom. The lowest BCUT2D eigenvalue weighted by Gasteiger charge is -2.37. The Hall–Kier alpha value is -2.11. The van der Waals surface area contributed by atoms with Gasteiger partial charge in [0.2, 0.25) is 11.8 Å². The molecule has 1 fully saturated rings. The normalized spacial score (nSPS) is 14.7. The number of rotatable bonds is 5. The van der Waals surface area contributed by atoms with Gasteiger partial charge in [-0.25, -0.2) is 4.39 Å². The van der Waals surface area contributed by atoms with Gasteiger partial charge in [0.25, 0.3) is 0 Å². The van der Waals surface area contributed by atoms with Crippen molar-refractivity contribution in [2.75, 3.05) is 44.2 Å². The summed E-state index contributed by atoms with van der Waals surface area (Å²) in [6.45, 7) is 6.48. The van der Waals surface area contributed by atoms with Crippen molar-refractivity contribution in [2.45, 2.75) is 20.3 Å². The maximum absolute atomic E-state index is 13.8. The SMILES string of the molecule is CCCN(CC(=O)N1CCN(c2ccccc2F)CC1)C(C)=O. The van der Waals surface area contributed by atoms with Crippen LogP contribution in [0.2, 0.25) is 0 Å². The van der Waals surface area contributed by atoms with Gasteiger partial charge in [0.15, 0.2) is 0 Å². The second-order valence-electron chi connectivity index (χ2n) is 5.76. The number of nitrogens with zero attached hydrogens (tertiary/aromatic N) is 3. The van der Waals surface area contributed by atoms with E-state index in [1.54, 1.807) is 21.9 Å². The Balaban J connectivity index is 1.90. The molecule has 0 N–H and O–H groups in total. The molecule has 1 saturated heterocycles. The molecule has 2 amide bonds. The van der Waals surface area contributed by atoms with Crippen molar-refractivity contribution >= 4 is 17.5 Å². The van der Waals surface area contributed by atoms with Crippen LogP contribution in [0.1, 0.15) is 20.3 Å². The van der Waals surface area contributed by atoms with Crippen LogP contribution in [0.4, 0.5) is 10.1 Å². The quantitative estimate of drug-likeness (QED) is 0.830. The Labute approximate surface area is 136 Å². The second kappa shape index (κ2) is 7.94. The fourth-order valence-corrected chi connectivity index (χ4v) is 2.79. The van der Waals surface area contributed by atoms with Crippen LogP contribution < -0.4 is 4.90 Å². The van der Waals surface area contributed by atoms with E-state index in [2.05, 4.69) is 0 Å². The van der Waals surface area contributed by atoms with E-state index in [-0.39, 0.29) is 24.2 Å². The minimum Gasteiger partial charge on any atom is -0.366 e. The zero-order chi connectivity index (χ0) is 16.8. The first-order valence-corrected chi connectivity index (χ1v) is 8.05. The highest BCUT2D eigenvalue weighted by molar-refractivity contribution is 5.84. The van der Waals surface area contributed by atoms with E-state index < -0.39 is 0 Å². The van der Waals surface area contributed by atoms with Crippen molar-refractivity contribution in [2.24, 2.45) is 0 Å². The van der Waals surface area contributed by atoms with Crippen LogP contribution in [-0.4, -0.2) is 60.9 Å². The molecule has 1 aliphatic rings. The van der Waals surface area contributed by atoms with Crippen LogP contribution in [0.5, 0.6) is 0 Å². The van der Waals surface area contributed by atoms with Crippen LogP contribution in [0.3, 0.4) is 0 Å². The van der Waals surface area contributed by atoms with E-state index in [1.165, 1.54) is 13.0 Å². The standard InChI is InChI=1S/C17H24FN3O2/c1-3-8-21(14(2)22)13-17(23)20-11-9-19(10-12-20)16-7-5-4-6-15(16)18/h4-7H,3,8-13H2,1-2H3. The number of piperazine rings is 1. The summed E-state index contributed by atoms with van der Waals surface area (Å²) in [5.41, 5.74) is 0.580. The molecule has 1 aliphatic heterocycles. The number of anilines is 1. The van der Waals surface area contributed by atoms with Gasteiger partial charge in [0.1, 0.15) is 5.82 Å². The number of carbonyl (C=O) groups excluding carboxylic acids is 2. The Bertz CT molecular complexity index is 557. The van der Waals surface area contributed by atoms with E-state index in [9.17, 15) is 14.0 Å². The number of carbonyl (C=O) groups is 2. The third-order valence-electron chi connectivity index (χ3n) is 4.09. The molecule has 0 bridgehead atoms. The summed E-state index contributed by atoms with van der Waals surface area (Å²) in [7, 11) is 0. The summed E-state index contributed by atoms with van der Waals surface area (Å²) in [5, 5.41) is 0. The number of para-hydroxylation sites is 1. The molecule has 0 aromatic heterocycles. The van der Waals surface area contributed by atoms with Crippen LogP contribution in [0.25, 0.3) is 0 Å². The summed E-state index contributed by atoms with van der Waals surface area (Å²) in [6, 6.07) is 6.68. The van der Waals surface area contributed by atoms with Crippen molar-refractivity contribution in [1.29, 1.82) is 0 Å². The molecule has 1 aromatic carbocycles. The average Bonchev–Trinajstić information content (AvgIpc) is 2.55. The van der Waals surface area contributed by atoms with Gasteiger partial charge in [-0.2, -0.15) is 0 Å². The van der Waals surface area contributed by atoms with Gasteiger partial charge >= 0.3 is 0 Å². The topological polar surface area (TPSA) is 43.9 Å². The number of benzene rings is 1. The van der Waals surface area contributed by atoms with E-state index in [0.29, 0.717) is 38.4 Å². The van der Waals surface area contributed by atoms with E-state index in [4.69, 9.17) is 0 Å². The first-order chi connectivity index (χ1) is 11.0. The molecule has 0 radical (unpaired) electrons. The summed E-state index contributed by atoms with van der Waals surface area (Å²) >= 11 is 0. The fourth-order valence-electron chi connectivity index (χ4n) is 2.79. The van der Waals surface area contributed by atoms with Gasteiger partial charge in [-0.3, -0.25) is 9.59 Å². The lowest BCUT2D eigenvalue weighted by Crippen LogP contribution is -2.52. The molecule has 0 unspecified atom stereocenters. The molecule has 0 aliphatic carbocycles. The van der Waals surface area contributed by atoms with Crippen molar-refractivity contribution in [1.82, 2.24) is 9.80 Å². The molecule has 5 nitrogen and oxygen atoms in total. The maximum atomic E-state index is 13.8. The van der Waals surface area contributed by atoms with Gasteiger partial charge in [-0.05, 0) is 18.6 Å². The minimum atomic E-state index is -0.238. The highest BCUT2D eigenvalue weighted by Gasteiger charge is 2.24. The highest BCUT2D eigenvalue weighted by Crippen LogP contribution is 2.20. The largest absolute Gasteiger partial charge is 0.366 e. The van der Waals surface area contributed by atoms with Crippen LogP contribution in [0, 0.1) is 5.82 Å². The molecule has 126 valence electrons. The summed E-state index contributed by atoms with van der Waals surface area (Å²) in [6.07, 6.45) is 0.827. The van der Waals surface area contributed by atoms with Gasteiger partial charge in [-0.1, -0.05) is 19.1 Å². The van der Waals surface area contributed by atoms with Crippen LogP contribution >= 0.6 is 0 Å². The zero-order valence-electron chi connectivity index (χ0n) is 13.8. The van der Waals surface area contributed by atoms with Gasteiger partial charge < -0.3 is 14.7 Å². The fraction of sp³-hybridized carbons (Fsp3) is 0.529. The third kappa shape index (κ3) is 4.43. The van der Waals surface area contributed by atoms with Crippen molar-refractivity contribution < 1.29 is 14.0 Å². The molecular formula is C17H24FN3O2. The Kier molecular flexibility index (Phi) is 5.96. The highest BCUT2D eigenvalue weighted by atomic mass is 19.1. The van der Waals surface area contributed by atoms with Crippen molar-refractivity contribution in [3.63, 3.8) is 0 Å². The minimum absolute atomic E-state index is 0.0400. The van der Waals surface area contributed by atoms with E-state index >= 15 is 0 Å². The molecule has 6 heteroatoms. The molecule has 23 heavy (non-hydrogen) atoms. The Morgan fingerprint density at radius 2 is 1.83 bits per heavy atom. The van der Waals surface area contributed by atoms with Crippen molar-refractivity contribution in [3.05, 3.63) is 30.1 Å². The first-order valence-electron chi connectivity index (χ1n) is 8.05. The Morgan fingerprint density at radius 1 is 1.17 bits per heavy atom. The number of hydrogen-bond acceptors (Lipinski definition) is 3. The van der Waals surface area contributed by atoms with Crippen molar-refractivity contribution in [3.8, 4) is 0 Å². The van der Waals surface area contributed by atoms with Crippen LogP contribution in [0.15, 0.2) is 24.3 Å². The van der Waals surface area contributed by atoms with Crippen LogP contribution in [-0.2, 0) is 9.59 Å². The lowest BCUT2D eigenvalue weighted by molar-refractivity contribution is -0.139. The molecule has 0 atom stereocenters. The number of halogens is 1. The number of amides is 2. The smallest absolute Gasteiger partial charge is 0.242 e. The third-order valence-corrected chi connectivity index (χ3v) is 4.09. The van der Waals surface area contributed by atoms with E-state index in [0.717, 1.165) is 6.42 Å². The second-order valence-corrected chi connectivity index (χ2v) is 5.76. The lowest BCUT2D eigenvalue weighted by atomic mass is 10.2. The zero-order valence-corrected chi connectivity index (χ0v) is 13.8.